The Balaban J connectivity index is 2.34. The van der Waals surface area contributed by atoms with Gasteiger partial charge in [0.2, 0.25) is 0 Å². The van der Waals surface area contributed by atoms with E-state index in [1.54, 1.807) is 0 Å². The number of carbonyl (C=O) groups excluding carboxylic acids is 2. The molecule has 1 heterocycles. The van der Waals surface area contributed by atoms with Crippen LogP contribution in [0.3, 0.4) is 0 Å². The summed E-state index contributed by atoms with van der Waals surface area (Å²) in [6.45, 7) is 3.25. The van der Waals surface area contributed by atoms with Crippen molar-refractivity contribution in [3.05, 3.63) is 72.9 Å². The fourth-order valence-electron chi connectivity index (χ4n) is 6.81. The van der Waals surface area contributed by atoms with E-state index >= 15 is 0 Å². The molecule has 0 aromatic heterocycles. The van der Waals surface area contributed by atoms with Crippen molar-refractivity contribution in [3.8, 4) is 0 Å². The van der Waals surface area contributed by atoms with E-state index in [0.29, 0.717) is 19.3 Å². The number of hydrogen-bond donors (Lipinski definition) is 4. The Kier molecular flexibility index (Phi) is 37.9. The van der Waals surface area contributed by atoms with Crippen LogP contribution < -0.4 is 0 Å². The maximum Gasteiger partial charge on any atom is 0.306 e. The highest BCUT2D eigenvalue weighted by Gasteiger charge is 2.44. The first-order valence-corrected chi connectivity index (χ1v) is 24.0. The van der Waals surface area contributed by atoms with Gasteiger partial charge in [-0.2, -0.15) is 0 Å². The lowest BCUT2D eigenvalue weighted by atomic mass is 9.99. The molecule has 4 N–H and O–H groups in total. The van der Waals surface area contributed by atoms with E-state index in [1.165, 1.54) is 83.5 Å². The molecule has 1 aliphatic heterocycles. The van der Waals surface area contributed by atoms with Crippen molar-refractivity contribution < 1.29 is 49.0 Å². The van der Waals surface area contributed by atoms with Gasteiger partial charge in [-0.1, -0.05) is 164 Å². The number of allylic oxidation sites excluding steroid dienone is 12. The van der Waals surface area contributed by atoms with Crippen molar-refractivity contribution in [3.63, 3.8) is 0 Å². The molecule has 0 aromatic carbocycles. The number of hydrogen-bond acceptors (Lipinski definition) is 10. The standard InChI is InChI=1S/C51H86O10/c1-3-5-7-9-11-13-15-17-19-21-22-24-25-27-29-31-33-35-37-39-46(53)58-42-44(43-59-51-50(57)49(56)48(55)45(41-52)61-51)60-47(54)40-38-36-34-32-30-28-26-23-20-18-16-14-12-10-8-6-4-2/h6,8,12,14,17-20,26,28,32,34,44-45,48-52,55-57H,3-5,7,9-11,13,15-16,21-25,27,29-31,33,35-43H2,1-2H3/b8-6-,14-12-,19-17-,20-18-,28-26-,34-32-. The van der Waals surface area contributed by atoms with Crippen LogP contribution in [0.25, 0.3) is 0 Å². The van der Waals surface area contributed by atoms with E-state index in [2.05, 4.69) is 80.7 Å². The minimum absolute atomic E-state index is 0.148. The summed E-state index contributed by atoms with van der Waals surface area (Å²) < 4.78 is 22.1. The summed E-state index contributed by atoms with van der Waals surface area (Å²) in [5.41, 5.74) is 0. The van der Waals surface area contributed by atoms with Crippen LogP contribution >= 0.6 is 0 Å². The Hall–Kier alpha value is -2.86. The van der Waals surface area contributed by atoms with Crippen LogP contribution in [0.1, 0.15) is 181 Å². The van der Waals surface area contributed by atoms with Crippen molar-refractivity contribution in [2.75, 3.05) is 19.8 Å². The van der Waals surface area contributed by atoms with Crippen LogP contribution in [0.5, 0.6) is 0 Å². The van der Waals surface area contributed by atoms with Gasteiger partial charge in [-0.25, -0.2) is 0 Å². The van der Waals surface area contributed by atoms with E-state index in [1.807, 2.05) is 6.08 Å². The van der Waals surface area contributed by atoms with Gasteiger partial charge in [-0.15, -0.1) is 0 Å². The fourth-order valence-corrected chi connectivity index (χ4v) is 6.81. The largest absolute Gasteiger partial charge is 0.462 e. The molecule has 1 rings (SSSR count). The van der Waals surface area contributed by atoms with E-state index < -0.39 is 55.4 Å². The Bertz CT molecular complexity index is 1220. The zero-order valence-corrected chi connectivity index (χ0v) is 38.1. The molecule has 61 heavy (non-hydrogen) atoms. The maximum atomic E-state index is 12.8. The third kappa shape index (κ3) is 32.5. The summed E-state index contributed by atoms with van der Waals surface area (Å²) in [7, 11) is 0. The van der Waals surface area contributed by atoms with Gasteiger partial charge in [0.15, 0.2) is 12.4 Å². The monoisotopic (exact) mass is 859 g/mol. The Morgan fingerprint density at radius 3 is 1.52 bits per heavy atom. The van der Waals surface area contributed by atoms with Gasteiger partial charge in [0.05, 0.1) is 13.2 Å². The molecule has 10 heteroatoms. The topological polar surface area (TPSA) is 152 Å². The minimum Gasteiger partial charge on any atom is -0.462 e. The van der Waals surface area contributed by atoms with Crippen LogP contribution in [0, 0.1) is 0 Å². The SMILES string of the molecule is CC/C=C\C/C=C\C/C=C\C/C=C\C/C=C\CCCC(=O)OC(COC(=O)CCCCCCCCCCC/C=C\CCCCCCCC)COC1OC(CO)C(O)C(O)C1O. The average Bonchev–Trinajstić information content (AvgIpc) is 3.26. The summed E-state index contributed by atoms with van der Waals surface area (Å²) in [5, 5.41) is 40.1. The van der Waals surface area contributed by atoms with Gasteiger partial charge < -0.3 is 39.4 Å². The zero-order valence-electron chi connectivity index (χ0n) is 38.1. The third-order valence-electron chi connectivity index (χ3n) is 10.6. The van der Waals surface area contributed by atoms with Gasteiger partial charge in [0, 0.05) is 12.8 Å². The molecule has 0 aromatic rings. The maximum absolute atomic E-state index is 12.8. The van der Waals surface area contributed by atoms with Crippen LogP contribution in [-0.4, -0.2) is 89.0 Å². The van der Waals surface area contributed by atoms with Crippen molar-refractivity contribution in [2.45, 2.75) is 218 Å². The highest BCUT2D eigenvalue weighted by molar-refractivity contribution is 5.70. The molecule has 0 aliphatic carbocycles. The molecular formula is C51H86O10. The number of unbranched alkanes of at least 4 members (excludes halogenated alkanes) is 16. The van der Waals surface area contributed by atoms with Gasteiger partial charge >= 0.3 is 11.9 Å². The molecule has 0 saturated carbocycles. The Morgan fingerprint density at radius 2 is 0.984 bits per heavy atom. The second-order valence-corrected chi connectivity index (χ2v) is 16.2. The average molecular weight is 859 g/mol. The summed E-state index contributed by atoms with van der Waals surface area (Å²) in [4.78, 5) is 25.4. The molecule has 1 aliphatic rings. The fraction of sp³-hybridized carbons (Fsp3) is 0.725. The quantitative estimate of drug-likeness (QED) is 0.0267. The van der Waals surface area contributed by atoms with Crippen LogP contribution in [0.15, 0.2) is 72.9 Å². The van der Waals surface area contributed by atoms with E-state index in [4.69, 9.17) is 18.9 Å². The Labute approximate surface area is 370 Å². The number of rotatable bonds is 39. The molecule has 0 spiro atoms. The zero-order chi connectivity index (χ0) is 44.4. The number of esters is 2. The first-order chi connectivity index (χ1) is 29.8. The van der Waals surface area contributed by atoms with Gasteiger partial charge in [0.1, 0.15) is 31.0 Å². The minimum atomic E-state index is -1.61. The predicted molar refractivity (Wildman–Crippen MR) is 247 cm³/mol. The van der Waals surface area contributed by atoms with Crippen molar-refractivity contribution >= 4 is 11.9 Å². The molecule has 0 bridgehead atoms. The van der Waals surface area contributed by atoms with Crippen LogP contribution in [0.2, 0.25) is 0 Å². The van der Waals surface area contributed by atoms with Gasteiger partial charge in [-0.3, -0.25) is 9.59 Å². The second kappa shape index (κ2) is 41.2. The first kappa shape index (κ1) is 56.2. The van der Waals surface area contributed by atoms with Gasteiger partial charge in [0.25, 0.3) is 0 Å². The molecule has 6 unspecified atom stereocenters. The highest BCUT2D eigenvalue weighted by Crippen LogP contribution is 2.22. The number of aliphatic hydroxyl groups is 4. The molecule has 0 radical (unpaired) electrons. The molecular weight excluding hydrogens is 773 g/mol. The first-order valence-electron chi connectivity index (χ1n) is 24.0. The Morgan fingerprint density at radius 1 is 0.525 bits per heavy atom. The van der Waals surface area contributed by atoms with Gasteiger partial charge in [-0.05, 0) is 77.0 Å². The van der Waals surface area contributed by atoms with Crippen LogP contribution in [-0.2, 0) is 28.5 Å². The summed E-state index contributed by atoms with van der Waals surface area (Å²) in [6, 6.07) is 0. The molecule has 350 valence electrons. The number of carbonyl (C=O) groups is 2. The summed E-state index contributed by atoms with van der Waals surface area (Å²) in [5.74, 6) is -0.880. The lowest BCUT2D eigenvalue weighted by molar-refractivity contribution is -0.305. The van der Waals surface area contributed by atoms with E-state index in [0.717, 1.165) is 51.4 Å². The smallest absolute Gasteiger partial charge is 0.306 e. The molecule has 1 fully saturated rings. The third-order valence-corrected chi connectivity index (χ3v) is 10.6. The summed E-state index contributed by atoms with van der Waals surface area (Å²) >= 11 is 0. The van der Waals surface area contributed by atoms with E-state index in [9.17, 15) is 30.0 Å². The predicted octanol–water partition coefficient (Wildman–Crippen LogP) is 10.8. The summed E-state index contributed by atoms with van der Waals surface area (Å²) in [6.07, 6.45) is 44.8. The normalized spacial score (nSPS) is 20.4. The molecule has 10 nitrogen and oxygen atoms in total. The molecule has 1 saturated heterocycles. The van der Waals surface area contributed by atoms with Crippen molar-refractivity contribution in [2.24, 2.45) is 0 Å². The number of ether oxygens (including phenoxy) is 4. The lowest BCUT2D eigenvalue weighted by Gasteiger charge is -2.39. The van der Waals surface area contributed by atoms with E-state index in [-0.39, 0.29) is 26.1 Å². The molecule has 0 amide bonds. The molecule has 6 atom stereocenters. The highest BCUT2D eigenvalue weighted by atomic mass is 16.7. The van der Waals surface area contributed by atoms with Crippen molar-refractivity contribution in [1.29, 1.82) is 0 Å². The van der Waals surface area contributed by atoms with Crippen LogP contribution in [0.4, 0.5) is 0 Å². The van der Waals surface area contributed by atoms with Crippen molar-refractivity contribution in [1.82, 2.24) is 0 Å². The lowest BCUT2D eigenvalue weighted by Crippen LogP contribution is -2.59. The second-order valence-electron chi connectivity index (χ2n) is 16.2. The number of aliphatic hydroxyl groups excluding tert-OH is 4.